The van der Waals surface area contributed by atoms with Crippen molar-refractivity contribution in [2.45, 2.75) is 18.9 Å². The highest BCUT2D eigenvalue weighted by Gasteiger charge is 2.20. The third-order valence-corrected chi connectivity index (χ3v) is 2.99. The van der Waals surface area contributed by atoms with E-state index in [1.807, 2.05) is 4.68 Å². The fraction of sp³-hybridized carbons (Fsp3) is 0.455. The van der Waals surface area contributed by atoms with Crippen molar-refractivity contribution in [2.24, 2.45) is 0 Å². The molecule has 1 aliphatic rings. The molecule has 1 fully saturated rings. The molecule has 1 atom stereocenters. The van der Waals surface area contributed by atoms with E-state index < -0.39 is 0 Å². The van der Waals surface area contributed by atoms with Crippen molar-refractivity contribution in [2.75, 3.05) is 13.1 Å². The molecule has 6 nitrogen and oxygen atoms in total. The van der Waals surface area contributed by atoms with Crippen molar-refractivity contribution >= 4 is 0 Å². The zero-order valence-corrected chi connectivity index (χ0v) is 9.45. The molecular formula is C11H14N6. The van der Waals surface area contributed by atoms with Crippen LogP contribution in [0, 0.1) is 0 Å². The first kappa shape index (κ1) is 10.3. The fourth-order valence-electron chi connectivity index (χ4n) is 2.15. The summed E-state index contributed by atoms with van der Waals surface area (Å²) in [6.07, 6.45) is 7.48. The molecule has 0 amide bonds. The largest absolute Gasteiger partial charge is 0.315 e. The zero-order chi connectivity index (χ0) is 11.5. The molecule has 2 aromatic rings. The first-order chi connectivity index (χ1) is 8.45. The summed E-state index contributed by atoms with van der Waals surface area (Å²) in [6.45, 7) is 2.02. The minimum Gasteiger partial charge on any atom is -0.315 e. The van der Waals surface area contributed by atoms with Crippen LogP contribution in [0.3, 0.4) is 0 Å². The molecule has 3 rings (SSSR count). The predicted octanol–water partition coefficient (Wildman–Crippen LogP) is 0.660. The average molecular weight is 230 g/mol. The van der Waals surface area contributed by atoms with Crippen LogP contribution in [0.4, 0.5) is 0 Å². The Morgan fingerprint density at radius 3 is 2.94 bits per heavy atom. The SMILES string of the molecule is c1cnc(-c2cnnn2C2CCCNC2)nc1. The monoisotopic (exact) mass is 230 g/mol. The van der Waals surface area contributed by atoms with Crippen molar-refractivity contribution in [3.05, 3.63) is 24.7 Å². The van der Waals surface area contributed by atoms with E-state index in [9.17, 15) is 0 Å². The van der Waals surface area contributed by atoms with Gasteiger partial charge in [0.1, 0.15) is 5.69 Å². The molecule has 1 unspecified atom stereocenters. The maximum Gasteiger partial charge on any atom is 0.179 e. The second kappa shape index (κ2) is 4.58. The van der Waals surface area contributed by atoms with Crippen LogP contribution in [0.15, 0.2) is 24.7 Å². The lowest BCUT2D eigenvalue weighted by atomic mass is 10.1. The lowest BCUT2D eigenvalue weighted by Gasteiger charge is -2.23. The Balaban J connectivity index is 1.93. The standard InChI is InChI=1S/C11H14N6/c1-3-9(7-12-4-1)17-10(8-15-16-17)11-13-5-2-6-14-11/h2,5-6,8-9,12H,1,3-4,7H2. The number of aromatic nitrogens is 5. The summed E-state index contributed by atoms with van der Waals surface area (Å²) in [5, 5.41) is 11.5. The van der Waals surface area contributed by atoms with Gasteiger partial charge in [-0.3, -0.25) is 0 Å². The Labute approximate surface area is 99.1 Å². The highest BCUT2D eigenvalue weighted by atomic mass is 15.4. The molecule has 88 valence electrons. The molecule has 6 heteroatoms. The topological polar surface area (TPSA) is 68.5 Å². The lowest BCUT2D eigenvalue weighted by molar-refractivity contribution is 0.343. The van der Waals surface area contributed by atoms with Gasteiger partial charge in [0.15, 0.2) is 5.82 Å². The van der Waals surface area contributed by atoms with Gasteiger partial charge in [-0.25, -0.2) is 14.6 Å². The van der Waals surface area contributed by atoms with Gasteiger partial charge in [0.2, 0.25) is 0 Å². The molecule has 1 aliphatic heterocycles. The Morgan fingerprint density at radius 2 is 2.18 bits per heavy atom. The van der Waals surface area contributed by atoms with Gasteiger partial charge >= 0.3 is 0 Å². The highest BCUT2D eigenvalue weighted by Crippen LogP contribution is 2.21. The van der Waals surface area contributed by atoms with E-state index in [0.717, 1.165) is 25.2 Å². The Hall–Kier alpha value is -1.82. The maximum absolute atomic E-state index is 4.24. The van der Waals surface area contributed by atoms with Crippen molar-refractivity contribution < 1.29 is 0 Å². The number of nitrogens with one attached hydrogen (secondary N) is 1. The fourth-order valence-corrected chi connectivity index (χ4v) is 2.15. The minimum absolute atomic E-state index is 0.352. The quantitative estimate of drug-likeness (QED) is 0.820. The molecule has 0 saturated carbocycles. The summed E-state index contributed by atoms with van der Waals surface area (Å²) in [5.74, 6) is 0.683. The van der Waals surface area contributed by atoms with Crippen LogP contribution in [-0.2, 0) is 0 Å². The van der Waals surface area contributed by atoms with Gasteiger partial charge in [-0.2, -0.15) is 0 Å². The predicted molar refractivity (Wildman–Crippen MR) is 62.2 cm³/mol. The number of rotatable bonds is 2. The summed E-state index contributed by atoms with van der Waals surface area (Å²) in [4.78, 5) is 8.49. The molecular weight excluding hydrogens is 216 g/mol. The summed E-state index contributed by atoms with van der Waals surface area (Å²) < 4.78 is 1.93. The van der Waals surface area contributed by atoms with Crippen LogP contribution in [0.25, 0.3) is 11.5 Å². The smallest absolute Gasteiger partial charge is 0.179 e. The Kier molecular flexibility index (Phi) is 2.79. The Morgan fingerprint density at radius 1 is 1.29 bits per heavy atom. The van der Waals surface area contributed by atoms with Crippen molar-refractivity contribution in [3.63, 3.8) is 0 Å². The molecule has 1 saturated heterocycles. The van der Waals surface area contributed by atoms with Crippen molar-refractivity contribution in [1.29, 1.82) is 0 Å². The number of nitrogens with zero attached hydrogens (tertiary/aromatic N) is 5. The van der Waals surface area contributed by atoms with Crippen LogP contribution in [-0.4, -0.2) is 38.1 Å². The molecule has 17 heavy (non-hydrogen) atoms. The normalized spacial score (nSPS) is 20.4. The third kappa shape index (κ3) is 2.03. The van der Waals surface area contributed by atoms with E-state index in [2.05, 4.69) is 25.6 Å². The molecule has 0 aliphatic carbocycles. The van der Waals surface area contributed by atoms with Gasteiger partial charge in [0.25, 0.3) is 0 Å². The van der Waals surface area contributed by atoms with E-state index in [1.165, 1.54) is 6.42 Å². The molecule has 2 aromatic heterocycles. The van der Waals surface area contributed by atoms with Gasteiger partial charge in [-0.1, -0.05) is 5.21 Å². The molecule has 0 spiro atoms. The van der Waals surface area contributed by atoms with E-state index in [4.69, 9.17) is 0 Å². The second-order valence-corrected chi connectivity index (χ2v) is 4.14. The van der Waals surface area contributed by atoms with Crippen LogP contribution in [0.5, 0.6) is 0 Å². The van der Waals surface area contributed by atoms with Gasteiger partial charge in [0.05, 0.1) is 12.2 Å². The molecule has 3 heterocycles. The van der Waals surface area contributed by atoms with E-state index in [-0.39, 0.29) is 0 Å². The van der Waals surface area contributed by atoms with E-state index in [1.54, 1.807) is 24.7 Å². The maximum atomic E-state index is 4.24. The highest BCUT2D eigenvalue weighted by molar-refractivity contribution is 5.46. The van der Waals surface area contributed by atoms with Gasteiger partial charge < -0.3 is 5.32 Å². The summed E-state index contributed by atoms with van der Waals surface area (Å²) in [7, 11) is 0. The number of hydrogen-bond donors (Lipinski definition) is 1. The first-order valence-electron chi connectivity index (χ1n) is 5.83. The average Bonchev–Trinajstić information content (AvgIpc) is 2.90. The summed E-state index contributed by atoms with van der Waals surface area (Å²) in [6, 6.07) is 2.16. The van der Waals surface area contributed by atoms with Gasteiger partial charge in [-0.05, 0) is 25.5 Å². The molecule has 0 aromatic carbocycles. The molecule has 0 radical (unpaired) electrons. The summed E-state index contributed by atoms with van der Waals surface area (Å²) >= 11 is 0. The van der Waals surface area contributed by atoms with E-state index >= 15 is 0 Å². The first-order valence-corrected chi connectivity index (χ1v) is 5.83. The second-order valence-electron chi connectivity index (χ2n) is 4.14. The minimum atomic E-state index is 0.352. The zero-order valence-electron chi connectivity index (χ0n) is 9.45. The van der Waals surface area contributed by atoms with Crippen LogP contribution >= 0.6 is 0 Å². The third-order valence-electron chi connectivity index (χ3n) is 2.99. The van der Waals surface area contributed by atoms with Gasteiger partial charge in [-0.15, -0.1) is 5.10 Å². The lowest BCUT2D eigenvalue weighted by Crippen LogP contribution is -2.32. The van der Waals surface area contributed by atoms with Crippen LogP contribution < -0.4 is 5.32 Å². The molecule has 0 bridgehead atoms. The Bertz CT molecular complexity index is 474. The van der Waals surface area contributed by atoms with Gasteiger partial charge in [0, 0.05) is 18.9 Å². The number of hydrogen-bond acceptors (Lipinski definition) is 5. The van der Waals surface area contributed by atoms with E-state index in [0.29, 0.717) is 11.9 Å². The number of piperidine rings is 1. The molecule has 1 N–H and O–H groups in total. The van der Waals surface area contributed by atoms with Crippen molar-refractivity contribution in [3.8, 4) is 11.5 Å². The van der Waals surface area contributed by atoms with Crippen molar-refractivity contribution in [1.82, 2.24) is 30.3 Å². The van der Waals surface area contributed by atoms with Crippen LogP contribution in [0.2, 0.25) is 0 Å². The summed E-state index contributed by atoms with van der Waals surface area (Å²) in [5.41, 5.74) is 0.888. The van der Waals surface area contributed by atoms with Crippen LogP contribution in [0.1, 0.15) is 18.9 Å².